The summed E-state index contributed by atoms with van der Waals surface area (Å²) in [6.45, 7) is 1.37. The van der Waals surface area contributed by atoms with Gasteiger partial charge in [-0.15, -0.1) is 10.2 Å². The maximum atomic E-state index is 13.2. The molecule has 8 heteroatoms. The van der Waals surface area contributed by atoms with Crippen molar-refractivity contribution in [2.45, 2.75) is 18.8 Å². The molecule has 1 aliphatic rings. The van der Waals surface area contributed by atoms with Gasteiger partial charge in [-0.2, -0.15) is 0 Å². The third-order valence-corrected chi connectivity index (χ3v) is 5.35. The largest absolute Gasteiger partial charge is 0.338 e. The number of rotatable bonds is 4. The number of nitrogens with zero attached hydrogens (tertiary/aromatic N) is 6. The van der Waals surface area contributed by atoms with Crippen molar-refractivity contribution in [1.82, 2.24) is 29.5 Å². The maximum absolute atomic E-state index is 13.2. The predicted molar refractivity (Wildman–Crippen MR) is 113 cm³/mol. The van der Waals surface area contributed by atoms with Gasteiger partial charge in [0.25, 0.3) is 5.91 Å². The number of fused-ring (bicyclic) bond motifs is 1. The number of aromatic nitrogens is 5. The molecule has 1 atom stereocenters. The van der Waals surface area contributed by atoms with E-state index in [4.69, 9.17) is 0 Å². The standard InChI is InChI=1S/C22H21N7O/c30-21(16-6-3-8-18(14-16)25-22-23-10-5-11-24-22)28-12-4-7-17(15-28)20-27-26-19-9-1-2-13-29(19)20/h1-3,5-6,8-11,13-14,17H,4,7,12,15H2,(H,23,24,25). The highest BCUT2D eigenvalue weighted by molar-refractivity contribution is 5.95. The number of likely N-dealkylation sites (tertiary alicyclic amines) is 1. The second-order valence-electron chi connectivity index (χ2n) is 7.36. The van der Waals surface area contributed by atoms with Gasteiger partial charge in [0, 0.05) is 48.8 Å². The molecule has 30 heavy (non-hydrogen) atoms. The smallest absolute Gasteiger partial charge is 0.253 e. The molecule has 0 spiro atoms. The van der Waals surface area contributed by atoms with Crippen LogP contribution in [-0.2, 0) is 0 Å². The lowest BCUT2D eigenvalue weighted by Crippen LogP contribution is -2.39. The van der Waals surface area contributed by atoms with E-state index < -0.39 is 0 Å². The molecule has 1 unspecified atom stereocenters. The van der Waals surface area contributed by atoms with Crippen molar-refractivity contribution >= 4 is 23.2 Å². The molecule has 8 nitrogen and oxygen atoms in total. The number of hydrogen-bond acceptors (Lipinski definition) is 6. The Hall–Kier alpha value is -3.81. The predicted octanol–water partition coefficient (Wildman–Crippen LogP) is 3.28. The molecular weight excluding hydrogens is 378 g/mol. The van der Waals surface area contributed by atoms with E-state index in [1.54, 1.807) is 18.5 Å². The molecule has 0 bridgehead atoms. The Bertz CT molecular complexity index is 1170. The number of hydrogen-bond donors (Lipinski definition) is 1. The maximum Gasteiger partial charge on any atom is 0.253 e. The van der Waals surface area contributed by atoms with E-state index in [0.717, 1.165) is 36.5 Å². The first-order chi connectivity index (χ1) is 14.8. The topological polar surface area (TPSA) is 88.3 Å². The summed E-state index contributed by atoms with van der Waals surface area (Å²) in [5.41, 5.74) is 2.25. The Morgan fingerprint density at radius 3 is 2.83 bits per heavy atom. The number of nitrogens with one attached hydrogen (secondary N) is 1. The number of amides is 1. The quantitative estimate of drug-likeness (QED) is 0.567. The Balaban J connectivity index is 1.34. The van der Waals surface area contributed by atoms with Crippen LogP contribution in [0.2, 0.25) is 0 Å². The van der Waals surface area contributed by atoms with E-state index in [-0.39, 0.29) is 11.8 Å². The molecule has 4 heterocycles. The molecule has 5 rings (SSSR count). The fourth-order valence-corrected chi connectivity index (χ4v) is 3.92. The van der Waals surface area contributed by atoms with Crippen molar-refractivity contribution in [2.24, 2.45) is 0 Å². The van der Waals surface area contributed by atoms with Gasteiger partial charge >= 0.3 is 0 Å². The highest BCUT2D eigenvalue weighted by atomic mass is 16.2. The van der Waals surface area contributed by atoms with Gasteiger partial charge in [-0.1, -0.05) is 12.1 Å². The van der Waals surface area contributed by atoms with Crippen LogP contribution in [0.5, 0.6) is 0 Å². The molecule has 1 fully saturated rings. The van der Waals surface area contributed by atoms with Crippen LogP contribution in [0.1, 0.15) is 34.9 Å². The second-order valence-corrected chi connectivity index (χ2v) is 7.36. The van der Waals surface area contributed by atoms with Gasteiger partial charge in [0.15, 0.2) is 5.65 Å². The van der Waals surface area contributed by atoms with Crippen LogP contribution in [-0.4, -0.2) is 48.5 Å². The summed E-state index contributed by atoms with van der Waals surface area (Å²) < 4.78 is 2.02. The van der Waals surface area contributed by atoms with E-state index in [1.807, 2.05) is 58.0 Å². The van der Waals surface area contributed by atoms with Crippen molar-refractivity contribution in [1.29, 1.82) is 0 Å². The average Bonchev–Trinajstić information content (AvgIpc) is 3.24. The lowest BCUT2D eigenvalue weighted by atomic mass is 9.96. The van der Waals surface area contributed by atoms with Crippen LogP contribution >= 0.6 is 0 Å². The number of pyridine rings is 1. The van der Waals surface area contributed by atoms with Gasteiger partial charge in [0.1, 0.15) is 5.82 Å². The van der Waals surface area contributed by atoms with Gasteiger partial charge in [0.2, 0.25) is 5.95 Å². The summed E-state index contributed by atoms with van der Waals surface area (Å²) in [4.78, 5) is 23.5. The van der Waals surface area contributed by atoms with E-state index in [0.29, 0.717) is 18.1 Å². The summed E-state index contributed by atoms with van der Waals surface area (Å²) in [6, 6.07) is 15.1. The van der Waals surface area contributed by atoms with Crippen LogP contribution in [0.4, 0.5) is 11.6 Å². The number of carbonyl (C=O) groups is 1. The third kappa shape index (κ3) is 3.59. The Morgan fingerprint density at radius 2 is 1.93 bits per heavy atom. The van der Waals surface area contributed by atoms with E-state index in [9.17, 15) is 4.79 Å². The van der Waals surface area contributed by atoms with Crippen molar-refractivity contribution in [3.05, 3.63) is 78.5 Å². The fraction of sp³-hybridized carbons (Fsp3) is 0.227. The Morgan fingerprint density at radius 1 is 1.03 bits per heavy atom. The minimum atomic E-state index is 0.0196. The molecule has 0 aliphatic carbocycles. The van der Waals surface area contributed by atoms with Crippen LogP contribution in [0.3, 0.4) is 0 Å². The minimum absolute atomic E-state index is 0.0196. The molecule has 4 aromatic rings. The Labute approximate surface area is 173 Å². The third-order valence-electron chi connectivity index (χ3n) is 5.35. The number of carbonyl (C=O) groups excluding carboxylic acids is 1. The zero-order valence-electron chi connectivity index (χ0n) is 16.3. The lowest BCUT2D eigenvalue weighted by molar-refractivity contribution is 0.0704. The molecule has 1 amide bonds. The monoisotopic (exact) mass is 399 g/mol. The van der Waals surface area contributed by atoms with Gasteiger partial charge in [-0.3, -0.25) is 9.20 Å². The SMILES string of the molecule is O=C(c1cccc(Nc2ncccn2)c1)N1CCCC(c2nnc3ccccn23)C1. The van der Waals surface area contributed by atoms with Crippen molar-refractivity contribution in [3.63, 3.8) is 0 Å². The first-order valence-corrected chi connectivity index (χ1v) is 10.0. The number of anilines is 2. The molecule has 1 aromatic carbocycles. The zero-order valence-corrected chi connectivity index (χ0v) is 16.3. The molecule has 0 radical (unpaired) electrons. The lowest BCUT2D eigenvalue weighted by Gasteiger charge is -2.32. The molecular formula is C22H21N7O. The molecule has 0 saturated carbocycles. The molecule has 1 saturated heterocycles. The first-order valence-electron chi connectivity index (χ1n) is 10.0. The normalized spacial score (nSPS) is 16.5. The second kappa shape index (κ2) is 7.90. The molecule has 3 aromatic heterocycles. The summed E-state index contributed by atoms with van der Waals surface area (Å²) in [5, 5.41) is 11.8. The van der Waals surface area contributed by atoms with Gasteiger partial charge in [0.05, 0.1) is 0 Å². The molecule has 1 aliphatic heterocycles. The van der Waals surface area contributed by atoms with Crippen LogP contribution in [0.25, 0.3) is 5.65 Å². The molecule has 1 N–H and O–H groups in total. The van der Waals surface area contributed by atoms with E-state index >= 15 is 0 Å². The summed E-state index contributed by atoms with van der Waals surface area (Å²) in [6.07, 6.45) is 7.26. The Kier molecular flexibility index (Phi) is 4.80. The van der Waals surface area contributed by atoms with Crippen LogP contribution < -0.4 is 5.32 Å². The molecule has 150 valence electrons. The highest BCUT2D eigenvalue weighted by Gasteiger charge is 2.28. The highest BCUT2D eigenvalue weighted by Crippen LogP contribution is 2.27. The van der Waals surface area contributed by atoms with Crippen molar-refractivity contribution in [3.8, 4) is 0 Å². The summed E-state index contributed by atoms with van der Waals surface area (Å²) in [5.74, 6) is 1.60. The number of piperidine rings is 1. The minimum Gasteiger partial charge on any atom is -0.338 e. The van der Waals surface area contributed by atoms with Crippen LogP contribution in [0, 0.1) is 0 Å². The van der Waals surface area contributed by atoms with Gasteiger partial charge in [-0.25, -0.2) is 9.97 Å². The summed E-state index contributed by atoms with van der Waals surface area (Å²) in [7, 11) is 0. The number of benzene rings is 1. The van der Waals surface area contributed by atoms with E-state index in [2.05, 4.69) is 25.5 Å². The van der Waals surface area contributed by atoms with Crippen molar-refractivity contribution in [2.75, 3.05) is 18.4 Å². The zero-order chi connectivity index (χ0) is 20.3. The van der Waals surface area contributed by atoms with Gasteiger partial charge < -0.3 is 10.2 Å². The first kappa shape index (κ1) is 18.2. The summed E-state index contributed by atoms with van der Waals surface area (Å²) >= 11 is 0. The van der Waals surface area contributed by atoms with Crippen LogP contribution in [0.15, 0.2) is 67.1 Å². The van der Waals surface area contributed by atoms with Crippen molar-refractivity contribution < 1.29 is 4.79 Å². The van der Waals surface area contributed by atoms with Gasteiger partial charge in [-0.05, 0) is 49.2 Å². The average molecular weight is 399 g/mol. The van der Waals surface area contributed by atoms with E-state index in [1.165, 1.54) is 0 Å². The fourth-order valence-electron chi connectivity index (χ4n) is 3.92.